The highest BCUT2D eigenvalue weighted by Crippen LogP contribution is 2.38. The summed E-state index contributed by atoms with van der Waals surface area (Å²) in [6.45, 7) is 2.33. The zero-order valence-corrected chi connectivity index (χ0v) is 22.3. The van der Waals surface area contributed by atoms with E-state index in [9.17, 15) is 4.79 Å². The first-order valence-electron chi connectivity index (χ1n) is 12.1. The quantitative estimate of drug-likeness (QED) is 0.182. The lowest BCUT2D eigenvalue weighted by Gasteiger charge is -2.11. The number of nitrogens with zero attached hydrogens (tertiary/aromatic N) is 2. The molecule has 0 radical (unpaired) electrons. The number of fused-ring (bicyclic) bond motifs is 1. The normalized spacial score (nSPS) is 11.1. The Hall–Kier alpha value is -3.87. The lowest BCUT2D eigenvalue weighted by atomic mass is 10.0. The van der Waals surface area contributed by atoms with Crippen LogP contribution in [0, 0.1) is 0 Å². The molecule has 0 saturated carbocycles. The van der Waals surface area contributed by atoms with Crippen LogP contribution in [0.3, 0.4) is 0 Å². The molecule has 0 aliphatic rings. The fraction of sp³-hybridized carbons (Fsp3) is 0.167. The summed E-state index contributed by atoms with van der Waals surface area (Å²) in [5.41, 5.74) is 4.10. The summed E-state index contributed by atoms with van der Waals surface area (Å²) in [4.78, 5) is 16.3. The van der Waals surface area contributed by atoms with Crippen LogP contribution >= 0.6 is 23.2 Å². The van der Waals surface area contributed by atoms with Crippen molar-refractivity contribution in [3.05, 3.63) is 99.9 Å². The van der Waals surface area contributed by atoms with E-state index >= 15 is 0 Å². The molecular weight excluding hydrogens is 523 g/mol. The molecule has 6 nitrogen and oxygen atoms in total. The number of carbonyl (C=O) groups excluding carboxylic acids is 1. The molecule has 8 heteroatoms. The number of rotatable bonds is 8. The number of carbonyl (C=O) groups is 1. The third-order valence-corrected chi connectivity index (χ3v) is 6.85. The highest BCUT2D eigenvalue weighted by molar-refractivity contribution is 6.39. The van der Waals surface area contributed by atoms with E-state index in [0.717, 1.165) is 40.5 Å². The van der Waals surface area contributed by atoms with Crippen LogP contribution in [-0.2, 0) is 17.8 Å². The first-order valence-corrected chi connectivity index (χ1v) is 12.9. The molecule has 38 heavy (non-hydrogen) atoms. The minimum absolute atomic E-state index is 0.254. The molecule has 5 aromatic rings. The predicted molar refractivity (Wildman–Crippen MR) is 149 cm³/mol. The van der Waals surface area contributed by atoms with Crippen molar-refractivity contribution in [3.63, 3.8) is 0 Å². The third kappa shape index (κ3) is 5.23. The number of aryl methyl sites for hydroxylation is 1. The van der Waals surface area contributed by atoms with Crippen LogP contribution in [0.2, 0.25) is 10.0 Å². The largest absolute Gasteiger partial charge is 0.489 e. The Kier molecular flexibility index (Phi) is 7.63. The molecule has 0 amide bonds. The van der Waals surface area contributed by atoms with Gasteiger partial charge >= 0.3 is 5.97 Å². The zero-order valence-electron chi connectivity index (χ0n) is 20.8. The van der Waals surface area contributed by atoms with Crippen LogP contribution in [0.25, 0.3) is 33.3 Å². The van der Waals surface area contributed by atoms with E-state index in [1.54, 1.807) is 36.5 Å². The highest BCUT2D eigenvalue weighted by atomic mass is 35.5. The van der Waals surface area contributed by atoms with Crippen molar-refractivity contribution < 1.29 is 18.8 Å². The summed E-state index contributed by atoms with van der Waals surface area (Å²) in [6, 6.07) is 20.6. The molecule has 0 aliphatic heterocycles. The molecule has 0 unspecified atom stereocenters. The summed E-state index contributed by atoms with van der Waals surface area (Å²) in [5.74, 6) is 1.06. The number of hydrogen-bond acceptors (Lipinski definition) is 6. The van der Waals surface area contributed by atoms with Gasteiger partial charge < -0.3 is 14.0 Å². The maximum absolute atomic E-state index is 11.9. The number of esters is 1. The molecule has 0 spiro atoms. The van der Waals surface area contributed by atoms with Crippen molar-refractivity contribution in [2.75, 3.05) is 7.11 Å². The van der Waals surface area contributed by atoms with Gasteiger partial charge in [0.2, 0.25) is 0 Å². The highest BCUT2D eigenvalue weighted by Gasteiger charge is 2.22. The first-order chi connectivity index (χ1) is 18.5. The molecule has 5 rings (SSSR count). The second-order valence-corrected chi connectivity index (χ2v) is 9.53. The van der Waals surface area contributed by atoms with Crippen molar-refractivity contribution in [3.8, 4) is 28.3 Å². The van der Waals surface area contributed by atoms with E-state index in [2.05, 4.69) is 17.1 Å². The van der Waals surface area contributed by atoms with Gasteiger partial charge in [0.15, 0.2) is 0 Å². The third-order valence-electron chi connectivity index (χ3n) is 6.22. The lowest BCUT2D eigenvalue weighted by molar-refractivity contribution is 0.0600. The Balaban J connectivity index is 1.41. The second-order valence-electron chi connectivity index (χ2n) is 8.71. The summed E-state index contributed by atoms with van der Waals surface area (Å²) in [6.07, 6.45) is 3.22. The Bertz CT molecular complexity index is 1610. The molecule has 0 bridgehead atoms. The number of aromatic nitrogens is 2. The van der Waals surface area contributed by atoms with Gasteiger partial charge in [-0.25, -0.2) is 4.79 Å². The van der Waals surface area contributed by atoms with Crippen LogP contribution < -0.4 is 4.74 Å². The molecule has 2 heterocycles. The summed E-state index contributed by atoms with van der Waals surface area (Å²) < 4.78 is 16.7. The van der Waals surface area contributed by atoms with Crippen LogP contribution in [-0.4, -0.2) is 23.2 Å². The average molecular weight is 547 g/mol. The SMILES string of the molecule is CCCc1onc(-c2c(Cl)cccc2Cl)c1COc1ccc2cc(-c3cc(C(=O)OC)ccn3)ccc2c1. The van der Waals surface area contributed by atoms with Crippen LogP contribution in [0.5, 0.6) is 5.75 Å². The summed E-state index contributed by atoms with van der Waals surface area (Å²) in [7, 11) is 1.36. The Morgan fingerprint density at radius 3 is 2.50 bits per heavy atom. The minimum Gasteiger partial charge on any atom is -0.489 e. The average Bonchev–Trinajstić information content (AvgIpc) is 3.33. The van der Waals surface area contributed by atoms with Crippen molar-refractivity contribution in [1.82, 2.24) is 10.1 Å². The molecule has 3 aromatic carbocycles. The van der Waals surface area contributed by atoms with Crippen LogP contribution in [0.4, 0.5) is 0 Å². The molecule has 0 atom stereocenters. The predicted octanol–water partition coefficient (Wildman–Crippen LogP) is 8.18. The Labute approximate surface area is 230 Å². The number of pyridine rings is 1. The van der Waals surface area contributed by atoms with E-state index in [-0.39, 0.29) is 6.61 Å². The molecular formula is C30H24Cl2N2O4. The fourth-order valence-corrected chi connectivity index (χ4v) is 4.87. The van der Waals surface area contributed by atoms with Gasteiger partial charge in [0.05, 0.1) is 34.0 Å². The fourth-order valence-electron chi connectivity index (χ4n) is 4.30. The van der Waals surface area contributed by atoms with Crippen molar-refractivity contribution >= 4 is 39.9 Å². The molecule has 0 aliphatic carbocycles. The van der Waals surface area contributed by atoms with Gasteiger partial charge in [-0.2, -0.15) is 0 Å². The van der Waals surface area contributed by atoms with E-state index in [4.69, 9.17) is 37.2 Å². The molecule has 0 N–H and O–H groups in total. The molecule has 192 valence electrons. The van der Waals surface area contributed by atoms with Gasteiger partial charge in [0.1, 0.15) is 23.8 Å². The number of methoxy groups -OCH3 is 1. The van der Waals surface area contributed by atoms with Gasteiger partial charge in [-0.05, 0) is 59.7 Å². The monoisotopic (exact) mass is 546 g/mol. The minimum atomic E-state index is -0.397. The zero-order chi connectivity index (χ0) is 26.6. The van der Waals surface area contributed by atoms with Gasteiger partial charge in [0.25, 0.3) is 0 Å². The van der Waals surface area contributed by atoms with E-state index in [0.29, 0.717) is 38.3 Å². The standard InChI is InChI=1S/C30H24Cl2N2O4/c1-3-5-27-23(29(34-38-27)28-24(31)6-4-7-25(28)32)17-37-22-11-10-18-14-20(9-8-19(18)15-22)26-16-21(12-13-33-26)30(35)36-2/h4,6-16H,3,5,17H2,1-2H3. The summed E-state index contributed by atoms with van der Waals surface area (Å²) in [5, 5.41) is 7.31. The van der Waals surface area contributed by atoms with E-state index in [1.807, 2.05) is 36.4 Å². The summed E-state index contributed by atoms with van der Waals surface area (Å²) >= 11 is 12.9. The number of hydrogen-bond donors (Lipinski definition) is 0. The van der Waals surface area contributed by atoms with Gasteiger partial charge in [-0.15, -0.1) is 0 Å². The maximum atomic E-state index is 11.9. The van der Waals surface area contributed by atoms with E-state index < -0.39 is 5.97 Å². The number of halogens is 2. The smallest absolute Gasteiger partial charge is 0.337 e. The van der Waals surface area contributed by atoms with Gasteiger partial charge in [-0.3, -0.25) is 4.98 Å². The second kappa shape index (κ2) is 11.3. The van der Waals surface area contributed by atoms with Crippen molar-refractivity contribution in [1.29, 1.82) is 0 Å². The first kappa shape index (κ1) is 25.8. The number of ether oxygens (including phenoxy) is 2. The van der Waals surface area contributed by atoms with Crippen molar-refractivity contribution in [2.45, 2.75) is 26.4 Å². The van der Waals surface area contributed by atoms with Gasteiger partial charge in [-0.1, -0.05) is 59.5 Å². The topological polar surface area (TPSA) is 74.5 Å². The van der Waals surface area contributed by atoms with Crippen LogP contribution in [0.1, 0.15) is 35.0 Å². The molecule has 0 fully saturated rings. The van der Waals surface area contributed by atoms with Crippen molar-refractivity contribution in [2.24, 2.45) is 0 Å². The number of benzene rings is 3. The molecule has 2 aromatic heterocycles. The Morgan fingerprint density at radius 2 is 1.74 bits per heavy atom. The lowest BCUT2D eigenvalue weighted by Crippen LogP contribution is -2.01. The van der Waals surface area contributed by atoms with E-state index in [1.165, 1.54) is 7.11 Å². The maximum Gasteiger partial charge on any atom is 0.337 e. The molecule has 0 saturated heterocycles. The van der Waals surface area contributed by atoms with Gasteiger partial charge in [0, 0.05) is 23.7 Å². The Morgan fingerprint density at radius 1 is 0.974 bits per heavy atom. The van der Waals surface area contributed by atoms with Crippen LogP contribution in [0.15, 0.2) is 77.4 Å².